The molecular formula is C32H30F2N10O. The fraction of sp³-hybridized carbons (Fsp3) is 0.250. The Labute approximate surface area is 256 Å². The van der Waals surface area contributed by atoms with Gasteiger partial charge >= 0.3 is 0 Å². The molecule has 45 heavy (non-hydrogen) atoms. The number of imidazole rings is 1. The zero-order valence-corrected chi connectivity index (χ0v) is 24.7. The number of aromatic amines is 2. The van der Waals surface area contributed by atoms with Gasteiger partial charge in [0.1, 0.15) is 17.2 Å². The summed E-state index contributed by atoms with van der Waals surface area (Å²) in [7, 11) is 3.95. The highest BCUT2D eigenvalue weighted by Gasteiger charge is 2.26. The van der Waals surface area contributed by atoms with Crippen molar-refractivity contribution in [1.29, 1.82) is 0 Å². The Kier molecular flexibility index (Phi) is 7.37. The summed E-state index contributed by atoms with van der Waals surface area (Å²) >= 11 is 0. The van der Waals surface area contributed by atoms with Crippen LogP contribution in [0.25, 0.3) is 56.0 Å². The van der Waals surface area contributed by atoms with Crippen molar-refractivity contribution in [3.05, 3.63) is 66.8 Å². The summed E-state index contributed by atoms with van der Waals surface area (Å²) < 4.78 is 30.9. The molecule has 1 aliphatic rings. The average Bonchev–Trinajstić information content (AvgIpc) is 3.61. The van der Waals surface area contributed by atoms with Crippen LogP contribution in [-0.2, 0) is 4.79 Å². The summed E-state index contributed by atoms with van der Waals surface area (Å²) in [5.74, 6) is -0.777. The number of H-pyrrole nitrogens is 2. The summed E-state index contributed by atoms with van der Waals surface area (Å²) in [6, 6.07) is 8.20. The summed E-state index contributed by atoms with van der Waals surface area (Å²) in [6.45, 7) is 1.44. The van der Waals surface area contributed by atoms with E-state index in [2.05, 4.69) is 45.8 Å². The van der Waals surface area contributed by atoms with E-state index >= 15 is 4.39 Å². The molecule has 228 valence electrons. The Bertz CT molecular complexity index is 2050. The van der Waals surface area contributed by atoms with Gasteiger partial charge in [0.05, 0.1) is 34.5 Å². The SMILES string of the molecule is CN(C)CCNc1cc(F)cc(-c2ccnc3nc(-c4n[nH]c5cnc(-c6cncc(NC(=O)C7CCC7)c6)c(F)c45)[nH]c23)c1. The van der Waals surface area contributed by atoms with Crippen molar-refractivity contribution in [2.75, 3.05) is 37.8 Å². The van der Waals surface area contributed by atoms with Crippen LogP contribution in [0.4, 0.5) is 20.2 Å². The van der Waals surface area contributed by atoms with E-state index in [0.29, 0.717) is 51.3 Å². The van der Waals surface area contributed by atoms with Crippen LogP contribution in [0.1, 0.15) is 19.3 Å². The van der Waals surface area contributed by atoms with E-state index in [1.54, 1.807) is 18.3 Å². The van der Waals surface area contributed by atoms with Crippen LogP contribution in [0, 0.1) is 17.6 Å². The number of anilines is 2. The molecule has 11 nitrogen and oxygen atoms in total. The van der Waals surface area contributed by atoms with Gasteiger partial charge in [-0.2, -0.15) is 5.10 Å². The van der Waals surface area contributed by atoms with Gasteiger partial charge in [-0.05, 0) is 62.8 Å². The fourth-order valence-electron chi connectivity index (χ4n) is 5.44. The van der Waals surface area contributed by atoms with Gasteiger partial charge in [0, 0.05) is 48.2 Å². The monoisotopic (exact) mass is 608 g/mol. The molecule has 7 rings (SSSR count). The number of pyridine rings is 3. The van der Waals surface area contributed by atoms with Crippen LogP contribution in [-0.4, -0.2) is 73.1 Å². The Morgan fingerprint density at radius 2 is 1.87 bits per heavy atom. The Hall–Kier alpha value is -5.30. The van der Waals surface area contributed by atoms with Crippen LogP contribution in [0.3, 0.4) is 0 Å². The molecule has 1 aromatic carbocycles. The third-order valence-electron chi connectivity index (χ3n) is 8.01. The van der Waals surface area contributed by atoms with Gasteiger partial charge in [-0.1, -0.05) is 6.42 Å². The van der Waals surface area contributed by atoms with E-state index in [1.807, 2.05) is 25.1 Å². The zero-order valence-electron chi connectivity index (χ0n) is 24.7. The van der Waals surface area contributed by atoms with Crippen LogP contribution in [0.5, 0.6) is 0 Å². The van der Waals surface area contributed by atoms with Crippen molar-refractivity contribution >= 4 is 39.3 Å². The molecule has 0 bridgehead atoms. The lowest BCUT2D eigenvalue weighted by atomic mass is 9.85. The van der Waals surface area contributed by atoms with Gasteiger partial charge in [0.15, 0.2) is 17.3 Å². The number of hydrogen-bond donors (Lipinski definition) is 4. The van der Waals surface area contributed by atoms with Crippen LogP contribution >= 0.6 is 0 Å². The molecule has 4 N–H and O–H groups in total. The minimum absolute atomic E-state index is 0.000106. The molecule has 0 saturated heterocycles. The number of nitrogens with one attached hydrogen (secondary N) is 4. The molecule has 6 aromatic rings. The number of benzene rings is 1. The number of fused-ring (bicyclic) bond motifs is 2. The Morgan fingerprint density at radius 1 is 1.02 bits per heavy atom. The molecule has 0 atom stereocenters. The maximum atomic E-state index is 16.2. The normalized spacial score (nSPS) is 13.4. The van der Waals surface area contributed by atoms with Gasteiger partial charge < -0.3 is 20.5 Å². The fourth-order valence-corrected chi connectivity index (χ4v) is 5.44. The first-order chi connectivity index (χ1) is 21.8. The number of likely N-dealkylation sites (N-methyl/N-ethyl adjacent to an activating group) is 1. The van der Waals surface area contributed by atoms with Crippen LogP contribution in [0.15, 0.2) is 55.1 Å². The van der Waals surface area contributed by atoms with Gasteiger partial charge in [-0.15, -0.1) is 0 Å². The van der Waals surface area contributed by atoms with Gasteiger partial charge in [0.25, 0.3) is 0 Å². The molecule has 1 fully saturated rings. The van der Waals surface area contributed by atoms with Crippen molar-refractivity contribution < 1.29 is 13.6 Å². The standard InChI is InChI=1S/C32H30F2N10O/c1-44(2)9-8-36-21-11-18(10-20(33)13-21)23-6-7-37-30-28(23)40-31(41-30)29-25-24(42-43-29)16-38-27(26(25)34)19-12-22(15-35-14-19)39-32(45)17-4-3-5-17/h6-7,10-17,36H,3-5,8-9H2,1-2H3,(H,39,45)(H,42,43)(H,37,40,41). The lowest BCUT2D eigenvalue weighted by Crippen LogP contribution is -2.28. The number of amides is 1. The van der Waals surface area contributed by atoms with Crippen molar-refractivity contribution in [2.45, 2.75) is 19.3 Å². The van der Waals surface area contributed by atoms with Crippen molar-refractivity contribution in [3.63, 3.8) is 0 Å². The summed E-state index contributed by atoms with van der Waals surface area (Å²) in [5.41, 5.74) is 4.45. The third kappa shape index (κ3) is 5.57. The van der Waals surface area contributed by atoms with E-state index in [0.717, 1.165) is 25.8 Å². The predicted octanol–water partition coefficient (Wildman–Crippen LogP) is 5.62. The second kappa shape index (κ2) is 11.7. The Morgan fingerprint density at radius 3 is 2.67 bits per heavy atom. The number of carbonyl (C=O) groups excluding carboxylic acids is 1. The lowest BCUT2D eigenvalue weighted by molar-refractivity contribution is -0.122. The van der Waals surface area contributed by atoms with E-state index in [-0.39, 0.29) is 40.2 Å². The number of aromatic nitrogens is 7. The summed E-state index contributed by atoms with van der Waals surface area (Å²) in [5, 5.41) is 13.5. The first-order valence-corrected chi connectivity index (χ1v) is 14.7. The lowest BCUT2D eigenvalue weighted by Gasteiger charge is -2.24. The molecule has 1 aliphatic carbocycles. The second-order valence-corrected chi connectivity index (χ2v) is 11.5. The quantitative estimate of drug-likeness (QED) is 0.166. The number of nitrogens with zero attached hydrogens (tertiary/aromatic N) is 6. The molecular weight excluding hydrogens is 578 g/mol. The van der Waals surface area contributed by atoms with E-state index in [1.165, 1.54) is 30.7 Å². The molecule has 0 spiro atoms. The Balaban J connectivity index is 1.24. The molecule has 0 radical (unpaired) electrons. The second-order valence-electron chi connectivity index (χ2n) is 11.5. The topological polar surface area (TPSA) is 140 Å². The summed E-state index contributed by atoms with van der Waals surface area (Å²) in [6.07, 6.45) is 8.89. The number of rotatable bonds is 9. The molecule has 0 aliphatic heterocycles. The number of halogens is 2. The molecule has 0 unspecified atom stereocenters. The van der Waals surface area contributed by atoms with Gasteiger partial charge in [-0.3, -0.25) is 19.9 Å². The minimum atomic E-state index is -0.618. The van der Waals surface area contributed by atoms with Gasteiger partial charge in [-0.25, -0.2) is 18.7 Å². The minimum Gasteiger partial charge on any atom is -0.384 e. The summed E-state index contributed by atoms with van der Waals surface area (Å²) in [4.78, 5) is 35.3. The molecule has 1 saturated carbocycles. The first kappa shape index (κ1) is 28.5. The molecule has 5 aromatic heterocycles. The van der Waals surface area contributed by atoms with E-state index in [4.69, 9.17) is 0 Å². The van der Waals surface area contributed by atoms with Crippen LogP contribution in [0.2, 0.25) is 0 Å². The third-order valence-corrected chi connectivity index (χ3v) is 8.01. The first-order valence-electron chi connectivity index (χ1n) is 14.7. The maximum Gasteiger partial charge on any atom is 0.227 e. The largest absolute Gasteiger partial charge is 0.384 e. The highest BCUT2D eigenvalue weighted by molar-refractivity contribution is 5.98. The molecule has 1 amide bonds. The van der Waals surface area contributed by atoms with Crippen molar-refractivity contribution in [2.24, 2.45) is 5.92 Å². The molecule has 13 heteroatoms. The smallest absolute Gasteiger partial charge is 0.227 e. The highest BCUT2D eigenvalue weighted by Crippen LogP contribution is 2.35. The molecule has 5 heterocycles. The van der Waals surface area contributed by atoms with E-state index in [9.17, 15) is 9.18 Å². The van der Waals surface area contributed by atoms with Crippen molar-refractivity contribution in [3.8, 4) is 33.9 Å². The van der Waals surface area contributed by atoms with Crippen LogP contribution < -0.4 is 10.6 Å². The predicted molar refractivity (Wildman–Crippen MR) is 168 cm³/mol. The highest BCUT2D eigenvalue weighted by atomic mass is 19.1. The number of carbonyl (C=O) groups is 1. The zero-order chi connectivity index (χ0) is 31.1. The maximum absolute atomic E-state index is 16.2. The van der Waals surface area contributed by atoms with Gasteiger partial charge in [0.2, 0.25) is 5.91 Å². The van der Waals surface area contributed by atoms with Crippen molar-refractivity contribution in [1.82, 2.24) is 40.0 Å². The van der Waals surface area contributed by atoms with E-state index < -0.39 is 5.82 Å². The number of hydrogen-bond acceptors (Lipinski definition) is 8. The average molecular weight is 609 g/mol.